The first-order chi connectivity index (χ1) is 9.81. The molecule has 0 aliphatic rings. The molecule has 0 amide bonds. The highest BCUT2D eigenvalue weighted by Crippen LogP contribution is 2.27. The number of nitrogens with one attached hydrogen (secondary N) is 1. The van der Waals surface area contributed by atoms with Crippen molar-refractivity contribution in [2.45, 2.75) is 13.2 Å². The van der Waals surface area contributed by atoms with E-state index in [4.69, 9.17) is 21.1 Å². The van der Waals surface area contributed by atoms with Crippen LogP contribution in [0.2, 0.25) is 5.02 Å². The first-order valence-corrected chi connectivity index (χ1v) is 7.60. The normalized spacial score (nSPS) is 10.7. The van der Waals surface area contributed by atoms with Crippen LogP contribution in [-0.4, -0.2) is 25.2 Å². The molecular formula is C14H17ClN2O2S. The number of hydrogen-bond acceptors (Lipinski definition) is 5. The largest absolute Gasteiger partial charge is 0.487 e. The van der Waals surface area contributed by atoms with E-state index in [0.717, 1.165) is 23.6 Å². The summed E-state index contributed by atoms with van der Waals surface area (Å²) in [5.74, 6) is 0.787. The Morgan fingerprint density at radius 3 is 3.05 bits per heavy atom. The van der Waals surface area contributed by atoms with E-state index in [1.165, 1.54) is 0 Å². The van der Waals surface area contributed by atoms with Crippen LogP contribution in [0.1, 0.15) is 11.3 Å². The fraction of sp³-hybridized carbons (Fsp3) is 0.357. The van der Waals surface area contributed by atoms with Gasteiger partial charge in [0.15, 0.2) is 0 Å². The SMILES string of the molecule is COCCNCc1c(Cl)cccc1OCc1cscn1. The van der Waals surface area contributed by atoms with Gasteiger partial charge in [-0.1, -0.05) is 17.7 Å². The van der Waals surface area contributed by atoms with Crippen LogP contribution >= 0.6 is 22.9 Å². The molecule has 1 aromatic heterocycles. The third-order valence-electron chi connectivity index (χ3n) is 2.72. The van der Waals surface area contributed by atoms with E-state index in [2.05, 4.69) is 10.3 Å². The van der Waals surface area contributed by atoms with E-state index in [1.807, 2.05) is 23.6 Å². The van der Waals surface area contributed by atoms with Crippen LogP contribution in [0.4, 0.5) is 0 Å². The van der Waals surface area contributed by atoms with Crippen LogP contribution in [0.15, 0.2) is 29.1 Å². The van der Waals surface area contributed by atoms with E-state index in [-0.39, 0.29) is 0 Å². The topological polar surface area (TPSA) is 43.4 Å². The summed E-state index contributed by atoms with van der Waals surface area (Å²) in [6.07, 6.45) is 0. The fourth-order valence-corrected chi connectivity index (χ4v) is 2.47. The molecule has 1 heterocycles. The summed E-state index contributed by atoms with van der Waals surface area (Å²) in [6.45, 7) is 2.54. The third kappa shape index (κ3) is 4.45. The third-order valence-corrected chi connectivity index (χ3v) is 3.71. The molecule has 0 aliphatic heterocycles. The van der Waals surface area contributed by atoms with Crippen LogP contribution < -0.4 is 10.1 Å². The maximum absolute atomic E-state index is 6.24. The first kappa shape index (κ1) is 15.3. The molecule has 0 saturated heterocycles. The van der Waals surface area contributed by atoms with E-state index < -0.39 is 0 Å². The monoisotopic (exact) mass is 312 g/mol. The van der Waals surface area contributed by atoms with Crippen LogP contribution in [0, 0.1) is 0 Å². The summed E-state index contributed by atoms with van der Waals surface area (Å²) < 4.78 is 10.8. The number of methoxy groups -OCH3 is 1. The Hall–Kier alpha value is -1.14. The van der Waals surface area contributed by atoms with Gasteiger partial charge in [-0.3, -0.25) is 0 Å². The van der Waals surface area contributed by atoms with E-state index >= 15 is 0 Å². The molecule has 0 aliphatic carbocycles. The summed E-state index contributed by atoms with van der Waals surface area (Å²) in [7, 11) is 1.68. The van der Waals surface area contributed by atoms with Gasteiger partial charge in [0.1, 0.15) is 12.4 Å². The zero-order valence-corrected chi connectivity index (χ0v) is 12.8. The van der Waals surface area contributed by atoms with Gasteiger partial charge in [-0.2, -0.15) is 0 Å². The van der Waals surface area contributed by atoms with Crippen LogP contribution in [0.25, 0.3) is 0 Å². The maximum Gasteiger partial charge on any atom is 0.131 e. The molecule has 2 rings (SSSR count). The molecule has 108 valence electrons. The van der Waals surface area contributed by atoms with Gasteiger partial charge in [0.25, 0.3) is 0 Å². The average Bonchev–Trinajstić information content (AvgIpc) is 2.96. The molecule has 20 heavy (non-hydrogen) atoms. The highest BCUT2D eigenvalue weighted by atomic mass is 35.5. The molecule has 6 heteroatoms. The van der Waals surface area contributed by atoms with Crippen LogP contribution in [-0.2, 0) is 17.9 Å². The van der Waals surface area contributed by atoms with E-state index in [9.17, 15) is 0 Å². The Balaban J connectivity index is 1.98. The highest BCUT2D eigenvalue weighted by Gasteiger charge is 2.08. The predicted octanol–water partition coefficient (Wildman–Crippen LogP) is 3.11. The Kier molecular flexibility index (Phi) is 6.26. The molecule has 0 radical (unpaired) electrons. The molecular weight excluding hydrogens is 296 g/mol. The summed E-state index contributed by atoms with van der Waals surface area (Å²) in [5.41, 5.74) is 3.68. The first-order valence-electron chi connectivity index (χ1n) is 6.28. The van der Waals surface area contributed by atoms with Crippen molar-refractivity contribution in [2.24, 2.45) is 0 Å². The minimum atomic E-state index is 0.453. The Morgan fingerprint density at radius 2 is 2.30 bits per heavy atom. The number of hydrogen-bond donors (Lipinski definition) is 1. The summed E-state index contributed by atoms with van der Waals surface area (Å²) in [6, 6.07) is 5.67. The van der Waals surface area contributed by atoms with Crippen molar-refractivity contribution in [3.05, 3.63) is 45.4 Å². The van der Waals surface area contributed by atoms with Crippen LogP contribution in [0.5, 0.6) is 5.75 Å². The Bertz CT molecular complexity index is 520. The minimum absolute atomic E-state index is 0.453. The van der Waals surface area contributed by atoms with Crippen molar-refractivity contribution in [3.63, 3.8) is 0 Å². The lowest BCUT2D eigenvalue weighted by Crippen LogP contribution is -2.19. The fourth-order valence-electron chi connectivity index (χ4n) is 1.69. The molecule has 0 fully saturated rings. The zero-order valence-electron chi connectivity index (χ0n) is 11.3. The van der Waals surface area contributed by atoms with Gasteiger partial charge in [-0.25, -0.2) is 4.98 Å². The minimum Gasteiger partial charge on any atom is -0.487 e. The molecule has 1 aromatic carbocycles. The number of thiazole rings is 1. The smallest absolute Gasteiger partial charge is 0.131 e. The molecule has 0 bridgehead atoms. The number of aromatic nitrogens is 1. The zero-order chi connectivity index (χ0) is 14.2. The Labute approximate surface area is 127 Å². The number of rotatable bonds is 8. The molecule has 1 N–H and O–H groups in total. The van der Waals surface area contributed by atoms with Crippen molar-refractivity contribution in [3.8, 4) is 5.75 Å². The second kappa shape index (κ2) is 8.21. The quantitative estimate of drug-likeness (QED) is 0.761. The van der Waals surface area contributed by atoms with Gasteiger partial charge in [0.2, 0.25) is 0 Å². The summed E-state index contributed by atoms with van der Waals surface area (Å²) in [4.78, 5) is 4.20. The number of benzene rings is 1. The maximum atomic E-state index is 6.24. The van der Waals surface area contributed by atoms with Crippen molar-refractivity contribution >= 4 is 22.9 Å². The summed E-state index contributed by atoms with van der Waals surface area (Å²) in [5, 5.41) is 5.95. The van der Waals surface area contributed by atoms with Gasteiger partial charge in [-0.05, 0) is 12.1 Å². The van der Waals surface area contributed by atoms with Gasteiger partial charge in [0, 0.05) is 36.2 Å². The van der Waals surface area contributed by atoms with Gasteiger partial charge >= 0.3 is 0 Å². The average molecular weight is 313 g/mol. The standard InChI is InChI=1S/C14H17ClN2O2S/c1-18-6-5-16-7-12-13(15)3-2-4-14(12)19-8-11-9-20-10-17-11/h2-4,9-10,16H,5-8H2,1H3. The molecule has 0 atom stereocenters. The van der Waals surface area contributed by atoms with Gasteiger partial charge in [-0.15, -0.1) is 11.3 Å². The van der Waals surface area contributed by atoms with Crippen molar-refractivity contribution in [1.82, 2.24) is 10.3 Å². The molecule has 2 aromatic rings. The molecule has 0 unspecified atom stereocenters. The van der Waals surface area contributed by atoms with Gasteiger partial charge in [0.05, 0.1) is 17.8 Å². The van der Waals surface area contributed by atoms with E-state index in [1.54, 1.807) is 24.0 Å². The van der Waals surface area contributed by atoms with Crippen molar-refractivity contribution in [2.75, 3.05) is 20.3 Å². The van der Waals surface area contributed by atoms with Crippen LogP contribution in [0.3, 0.4) is 0 Å². The lowest BCUT2D eigenvalue weighted by molar-refractivity contribution is 0.199. The lowest BCUT2D eigenvalue weighted by Gasteiger charge is -2.13. The van der Waals surface area contributed by atoms with Gasteiger partial charge < -0.3 is 14.8 Å². The summed E-state index contributed by atoms with van der Waals surface area (Å²) >= 11 is 7.80. The second-order valence-electron chi connectivity index (χ2n) is 4.15. The number of halogens is 1. The number of ether oxygens (including phenoxy) is 2. The molecule has 4 nitrogen and oxygen atoms in total. The van der Waals surface area contributed by atoms with Crippen molar-refractivity contribution < 1.29 is 9.47 Å². The highest BCUT2D eigenvalue weighted by molar-refractivity contribution is 7.07. The second-order valence-corrected chi connectivity index (χ2v) is 5.28. The molecule has 0 saturated carbocycles. The Morgan fingerprint density at radius 1 is 1.40 bits per heavy atom. The molecule has 0 spiro atoms. The number of nitrogens with zero attached hydrogens (tertiary/aromatic N) is 1. The predicted molar refractivity (Wildman–Crippen MR) is 81.5 cm³/mol. The van der Waals surface area contributed by atoms with Crippen molar-refractivity contribution in [1.29, 1.82) is 0 Å². The van der Waals surface area contributed by atoms with E-state index in [0.29, 0.717) is 24.8 Å². The lowest BCUT2D eigenvalue weighted by atomic mass is 10.2.